The number of amides is 1. The minimum Gasteiger partial charge on any atom is -0.355 e. The molecule has 1 aliphatic carbocycles. The predicted molar refractivity (Wildman–Crippen MR) is 101 cm³/mol. The number of thioether (sulfide) groups is 1. The summed E-state index contributed by atoms with van der Waals surface area (Å²) in [5, 5.41) is 4.25. The molecule has 2 aromatic rings. The van der Waals surface area contributed by atoms with E-state index in [0.29, 0.717) is 11.6 Å². The third kappa shape index (κ3) is 4.54. The van der Waals surface area contributed by atoms with E-state index in [1.165, 1.54) is 43.0 Å². The molecule has 1 atom stereocenters. The maximum Gasteiger partial charge on any atom is 0.233 e. The molecule has 0 unspecified atom stereocenters. The molecule has 0 radical (unpaired) electrons. The number of halogens is 1. The van der Waals surface area contributed by atoms with Crippen molar-refractivity contribution in [3.05, 3.63) is 34.9 Å². The van der Waals surface area contributed by atoms with Gasteiger partial charge in [0.05, 0.1) is 16.3 Å². The molecule has 1 aliphatic rings. The van der Waals surface area contributed by atoms with Crippen LogP contribution in [0, 0.1) is 0 Å². The van der Waals surface area contributed by atoms with E-state index in [4.69, 9.17) is 11.6 Å². The Balaban J connectivity index is 1.50. The summed E-state index contributed by atoms with van der Waals surface area (Å²) in [5.41, 5.74) is 3.23. The van der Waals surface area contributed by atoms with Gasteiger partial charge in [0.15, 0.2) is 5.16 Å². The maximum atomic E-state index is 12.2. The number of hydrogen-bond acceptors (Lipinski definition) is 3. The molecule has 0 saturated heterocycles. The van der Waals surface area contributed by atoms with Crippen LogP contribution >= 0.6 is 23.4 Å². The second kappa shape index (κ2) is 8.08. The number of aromatic nitrogens is 2. The van der Waals surface area contributed by atoms with Gasteiger partial charge in [0, 0.05) is 11.6 Å². The number of H-pyrrole nitrogens is 1. The summed E-state index contributed by atoms with van der Waals surface area (Å²) in [7, 11) is 0. The van der Waals surface area contributed by atoms with E-state index in [9.17, 15) is 4.79 Å². The smallest absolute Gasteiger partial charge is 0.233 e. The third-order valence-corrected chi connectivity index (χ3v) is 5.43. The first-order chi connectivity index (χ1) is 11.6. The van der Waals surface area contributed by atoms with Crippen LogP contribution in [0.15, 0.2) is 35.0 Å². The minimum atomic E-state index is -0.193. The fourth-order valence-electron chi connectivity index (χ4n) is 2.86. The number of imidazole rings is 1. The lowest BCUT2D eigenvalue weighted by Gasteiger charge is -2.14. The molecule has 0 fully saturated rings. The van der Waals surface area contributed by atoms with Crippen molar-refractivity contribution in [2.75, 3.05) is 6.54 Å². The number of hydrogen-bond donors (Lipinski definition) is 2. The molecule has 0 spiro atoms. The van der Waals surface area contributed by atoms with Crippen LogP contribution in [0.1, 0.15) is 39.0 Å². The highest BCUT2D eigenvalue weighted by molar-refractivity contribution is 8.00. The number of benzene rings is 1. The minimum absolute atomic E-state index is 0.0508. The van der Waals surface area contributed by atoms with Crippen LogP contribution in [0.3, 0.4) is 0 Å². The number of allylic oxidation sites excluding steroid dienone is 1. The Morgan fingerprint density at radius 1 is 1.46 bits per heavy atom. The van der Waals surface area contributed by atoms with E-state index in [1.807, 2.05) is 25.1 Å². The summed E-state index contributed by atoms with van der Waals surface area (Å²) >= 11 is 7.41. The molecular formula is C18H22ClN3OS. The standard InChI is InChI=1S/C18H22ClN3OS/c1-12(17(23)20-10-9-13-5-3-2-4-6-13)24-18-21-15-8-7-14(19)11-16(15)22-18/h5,7-8,11-12H,2-4,6,9-10H2,1H3,(H,20,23)(H,21,22)/t12-/m1/s1. The number of rotatable bonds is 6. The first-order valence-corrected chi connectivity index (χ1v) is 9.65. The van der Waals surface area contributed by atoms with Gasteiger partial charge in [-0.3, -0.25) is 4.79 Å². The fourth-order valence-corrected chi connectivity index (χ4v) is 3.87. The third-order valence-electron chi connectivity index (χ3n) is 4.21. The molecule has 3 rings (SSSR count). The van der Waals surface area contributed by atoms with Crippen LogP contribution in [-0.4, -0.2) is 27.7 Å². The van der Waals surface area contributed by atoms with Crippen molar-refractivity contribution in [3.63, 3.8) is 0 Å². The van der Waals surface area contributed by atoms with E-state index in [-0.39, 0.29) is 11.2 Å². The van der Waals surface area contributed by atoms with Crippen molar-refractivity contribution in [1.29, 1.82) is 0 Å². The van der Waals surface area contributed by atoms with Crippen LogP contribution in [-0.2, 0) is 4.79 Å². The van der Waals surface area contributed by atoms with E-state index in [2.05, 4.69) is 21.4 Å². The molecule has 0 bridgehead atoms. The van der Waals surface area contributed by atoms with Gasteiger partial charge in [0.2, 0.25) is 5.91 Å². The zero-order chi connectivity index (χ0) is 16.9. The van der Waals surface area contributed by atoms with E-state index < -0.39 is 0 Å². The first-order valence-electron chi connectivity index (χ1n) is 8.39. The number of carbonyl (C=O) groups is 1. The van der Waals surface area contributed by atoms with Gasteiger partial charge in [-0.2, -0.15) is 0 Å². The summed E-state index contributed by atoms with van der Waals surface area (Å²) in [5.74, 6) is 0.0508. The maximum absolute atomic E-state index is 12.2. The Kier molecular flexibility index (Phi) is 5.85. The molecule has 0 saturated carbocycles. The number of nitrogens with zero attached hydrogens (tertiary/aromatic N) is 1. The second-order valence-corrected chi connectivity index (χ2v) is 7.88. The number of aromatic amines is 1. The van der Waals surface area contributed by atoms with Crippen LogP contribution < -0.4 is 5.32 Å². The van der Waals surface area contributed by atoms with E-state index in [0.717, 1.165) is 22.6 Å². The zero-order valence-electron chi connectivity index (χ0n) is 13.8. The Hall–Kier alpha value is -1.46. The second-order valence-electron chi connectivity index (χ2n) is 6.11. The molecule has 1 aromatic heterocycles. The van der Waals surface area contributed by atoms with Gasteiger partial charge in [-0.25, -0.2) is 4.98 Å². The van der Waals surface area contributed by atoms with Crippen LogP contribution in [0.2, 0.25) is 5.02 Å². The fraction of sp³-hybridized carbons (Fsp3) is 0.444. The molecule has 0 aliphatic heterocycles. The Labute approximate surface area is 151 Å². The van der Waals surface area contributed by atoms with Gasteiger partial charge < -0.3 is 10.3 Å². The lowest BCUT2D eigenvalue weighted by molar-refractivity contribution is -0.120. The van der Waals surface area contributed by atoms with Gasteiger partial charge in [-0.1, -0.05) is 35.0 Å². The van der Waals surface area contributed by atoms with Crippen molar-refractivity contribution < 1.29 is 4.79 Å². The highest BCUT2D eigenvalue weighted by Gasteiger charge is 2.16. The summed E-state index contributed by atoms with van der Waals surface area (Å²) in [6.07, 6.45) is 8.24. The van der Waals surface area contributed by atoms with Gasteiger partial charge in [0.25, 0.3) is 0 Å². The van der Waals surface area contributed by atoms with Gasteiger partial charge in [-0.15, -0.1) is 0 Å². The van der Waals surface area contributed by atoms with Crippen molar-refractivity contribution in [2.45, 2.75) is 49.4 Å². The Bertz CT molecular complexity index is 756. The number of nitrogens with one attached hydrogen (secondary N) is 2. The Morgan fingerprint density at radius 2 is 2.33 bits per heavy atom. The summed E-state index contributed by atoms with van der Waals surface area (Å²) in [6, 6.07) is 5.53. The largest absolute Gasteiger partial charge is 0.355 e. The summed E-state index contributed by atoms with van der Waals surface area (Å²) in [4.78, 5) is 19.9. The average Bonchev–Trinajstić information content (AvgIpc) is 2.97. The molecular weight excluding hydrogens is 342 g/mol. The molecule has 1 aromatic carbocycles. The predicted octanol–water partition coefficient (Wildman–Crippen LogP) is 4.70. The molecule has 4 nitrogen and oxygen atoms in total. The molecule has 24 heavy (non-hydrogen) atoms. The molecule has 1 heterocycles. The zero-order valence-corrected chi connectivity index (χ0v) is 15.3. The van der Waals surface area contributed by atoms with Crippen molar-refractivity contribution in [1.82, 2.24) is 15.3 Å². The van der Waals surface area contributed by atoms with E-state index >= 15 is 0 Å². The van der Waals surface area contributed by atoms with Crippen molar-refractivity contribution >= 4 is 40.3 Å². The van der Waals surface area contributed by atoms with Gasteiger partial charge >= 0.3 is 0 Å². The highest BCUT2D eigenvalue weighted by atomic mass is 35.5. The molecule has 2 N–H and O–H groups in total. The van der Waals surface area contributed by atoms with Crippen LogP contribution in [0.4, 0.5) is 0 Å². The topological polar surface area (TPSA) is 57.8 Å². The summed E-state index contributed by atoms with van der Waals surface area (Å²) < 4.78 is 0. The number of carbonyl (C=O) groups excluding carboxylic acids is 1. The van der Waals surface area contributed by atoms with Crippen LogP contribution in [0.5, 0.6) is 0 Å². The lowest BCUT2D eigenvalue weighted by atomic mass is 9.97. The summed E-state index contributed by atoms with van der Waals surface area (Å²) in [6.45, 7) is 2.62. The Morgan fingerprint density at radius 3 is 3.12 bits per heavy atom. The van der Waals surface area contributed by atoms with Crippen molar-refractivity contribution in [2.24, 2.45) is 0 Å². The van der Waals surface area contributed by atoms with Crippen molar-refractivity contribution in [3.8, 4) is 0 Å². The van der Waals surface area contributed by atoms with Gasteiger partial charge in [0.1, 0.15) is 0 Å². The molecule has 6 heteroatoms. The quantitative estimate of drug-likeness (QED) is 0.577. The SMILES string of the molecule is C[C@@H](Sc1nc2ccc(Cl)cc2[nH]1)C(=O)NCCC1=CCCCC1. The molecule has 128 valence electrons. The van der Waals surface area contributed by atoms with Gasteiger partial charge in [-0.05, 0) is 57.2 Å². The first kappa shape index (κ1) is 17.4. The molecule has 1 amide bonds. The normalized spacial score (nSPS) is 16.0. The van der Waals surface area contributed by atoms with Crippen LogP contribution in [0.25, 0.3) is 11.0 Å². The number of fused-ring (bicyclic) bond motifs is 1. The lowest BCUT2D eigenvalue weighted by Crippen LogP contribution is -2.31. The monoisotopic (exact) mass is 363 g/mol. The van der Waals surface area contributed by atoms with E-state index in [1.54, 1.807) is 0 Å². The highest BCUT2D eigenvalue weighted by Crippen LogP contribution is 2.25. The average molecular weight is 364 g/mol.